The minimum atomic E-state index is -0.573. The summed E-state index contributed by atoms with van der Waals surface area (Å²) in [6, 6.07) is 0. The lowest BCUT2D eigenvalue weighted by atomic mass is 9.86. The molecule has 0 aromatic carbocycles. The van der Waals surface area contributed by atoms with Crippen LogP contribution in [0.4, 0.5) is 0 Å². The zero-order valence-electron chi connectivity index (χ0n) is 6.92. The molecule has 0 aliphatic rings. The average molecular weight is 144 g/mol. The molecule has 0 heterocycles. The van der Waals surface area contributed by atoms with E-state index in [1.165, 1.54) is 0 Å². The molecule has 0 saturated carbocycles. The Bertz CT molecular complexity index is 108. The van der Waals surface area contributed by atoms with Crippen LogP contribution in [-0.4, -0.2) is 17.5 Å². The lowest BCUT2D eigenvalue weighted by Gasteiger charge is -2.23. The second kappa shape index (κ2) is 3.71. The Kier molecular flexibility index (Phi) is 3.58. The summed E-state index contributed by atoms with van der Waals surface area (Å²) in [6.45, 7) is 5.49. The van der Waals surface area contributed by atoms with Crippen molar-refractivity contribution in [2.45, 2.75) is 39.7 Å². The highest BCUT2D eigenvalue weighted by Crippen LogP contribution is 2.20. The van der Waals surface area contributed by atoms with Gasteiger partial charge >= 0.3 is 0 Å². The summed E-state index contributed by atoms with van der Waals surface area (Å²) in [5.41, 5.74) is -0.573. The summed E-state index contributed by atoms with van der Waals surface area (Å²) in [4.78, 5) is 10.4. The SMILES string of the molecule is CCC[C@H](O)C(C)(C)C=O. The summed E-state index contributed by atoms with van der Waals surface area (Å²) in [7, 11) is 0. The third-order valence-corrected chi connectivity index (χ3v) is 1.72. The lowest BCUT2D eigenvalue weighted by molar-refractivity contribution is -0.120. The number of hydrogen-bond acceptors (Lipinski definition) is 2. The molecule has 0 aliphatic carbocycles. The molecule has 2 heteroatoms. The van der Waals surface area contributed by atoms with Crippen LogP contribution in [0.15, 0.2) is 0 Å². The second-order valence-corrected chi connectivity index (χ2v) is 3.24. The fourth-order valence-corrected chi connectivity index (χ4v) is 0.724. The van der Waals surface area contributed by atoms with Crippen LogP contribution in [-0.2, 0) is 4.79 Å². The molecule has 0 spiro atoms. The first-order chi connectivity index (χ1) is 4.54. The van der Waals surface area contributed by atoms with Gasteiger partial charge in [0.1, 0.15) is 6.29 Å². The number of aldehydes is 1. The van der Waals surface area contributed by atoms with Gasteiger partial charge in [0.15, 0.2) is 0 Å². The highest BCUT2D eigenvalue weighted by molar-refractivity contribution is 5.58. The van der Waals surface area contributed by atoms with E-state index in [1.54, 1.807) is 13.8 Å². The molecule has 0 saturated heterocycles. The zero-order chi connectivity index (χ0) is 8.20. The molecule has 1 N–H and O–H groups in total. The van der Waals surface area contributed by atoms with E-state index in [0.29, 0.717) is 6.42 Å². The van der Waals surface area contributed by atoms with Crippen molar-refractivity contribution in [1.82, 2.24) is 0 Å². The summed E-state index contributed by atoms with van der Waals surface area (Å²) in [5, 5.41) is 9.35. The Morgan fingerprint density at radius 3 is 2.40 bits per heavy atom. The topological polar surface area (TPSA) is 37.3 Å². The van der Waals surface area contributed by atoms with Gasteiger partial charge in [-0.15, -0.1) is 0 Å². The number of aliphatic hydroxyl groups excluding tert-OH is 1. The van der Waals surface area contributed by atoms with Crippen LogP contribution in [0.25, 0.3) is 0 Å². The van der Waals surface area contributed by atoms with E-state index < -0.39 is 11.5 Å². The van der Waals surface area contributed by atoms with Crippen molar-refractivity contribution in [2.24, 2.45) is 5.41 Å². The molecule has 0 rings (SSSR count). The van der Waals surface area contributed by atoms with Crippen molar-refractivity contribution in [2.75, 3.05) is 0 Å². The van der Waals surface area contributed by atoms with Crippen LogP contribution < -0.4 is 0 Å². The van der Waals surface area contributed by atoms with Crippen molar-refractivity contribution < 1.29 is 9.90 Å². The molecule has 0 fully saturated rings. The standard InChI is InChI=1S/C8H16O2/c1-4-5-7(10)8(2,3)6-9/h6-7,10H,4-5H2,1-3H3/t7-/m0/s1. The predicted molar refractivity (Wildman–Crippen MR) is 40.8 cm³/mol. The molecular weight excluding hydrogens is 128 g/mol. The number of carbonyl (C=O) groups excluding carboxylic acids is 1. The number of aliphatic hydroxyl groups is 1. The smallest absolute Gasteiger partial charge is 0.128 e. The molecular formula is C8H16O2. The highest BCUT2D eigenvalue weighted by atomic mass is 16.3. The van der Waals surface area contributed by atoms with Gasteiger partial charge in [-0.25, -0.2) is 0 Å². The monoisotopic (exact) mass is 144 g/mol. The Labute approximate surface area is 62.2 Å². The fourth-order valence-electron chi connectivity index (χ4n) is 0.724. The Morgan fingerprint density at radius 1 is 1.60 bits per heavy atom. The van der Waals surface area contributed by atoms with E-state index in [4.69, 9.17) is 0 Å². The largest absolute Gasteiger partial charge is 0.392 e. The van der Waals surface area contributed by atoms with E-state index in [-0.39, 0.29) is 0 Å². The van der Waals surface area contributed by atoms with Crippen LogP contribution in [0, 0.1) is 5.41 Å². The van der Waals surface area contributed by atoms with Crippen LogP contribution in [0.5, 0.6) is 0 Å². The molecule has 60 valence electrons. The van der Waals surface area contributed by atoms with Gasteiger partial charge in [-0.3, -0.25) is 0 Å². The van der Waals surface area contributed by atoms with Crippen molar-refractivity contribution in [3.05, 3.63) is 0 Å². The summed E-state index contributed by atoms with van der Waals surface area (Å²) in [5.74, 6) is 0. The normalized spacial score (nSPS) is 14.8. The van der Waals surface area contributed by atoms with Crippen molar-refractivity contribution >= 4 is 6.29 Å². The minimum absolute atomic E-state index is 0.491. The Hall–Kier alpha value is -0.370. The molecule has 0 aromatic rings. The Morgan fingerprint density at radius 2 is 2.10 bits per heavy atom. The molecule has 0 aliphatic heterocycles. The molecule has 0 bridgehead atoms. The maximum atomic E-state index is 10.4. The first kappa shape index (κ1) is 9.63. The molecule has 0 radical (unpaired) electrons. The van der Waals surface area contributed by atoms with Gasteiger partial charge in [-0.05, 0) is 6.42 Å². The van der Waals surface area contributed by atoms with Gasteiger partial charge in [0, 0.05) is 5.41 Å². The summed E-state index contributed by atoms with van der Waals surface area (Å²) in [6.07, 6.45) is 1.94. The fraction of sp³-hybridized carbons (Fsp3) is 0.875. The van der Waals surface area contributed by atoms with Crippen LogP contribution in [0.1, 0.15) is 33.6 Å². The maximum Gasteiger partial charge on any atom is 0.128 e. The van der Waals surface area contributed by atoms with E-state index >= 15 is 0 Å². The number of carbonyl (C=O) groups is 1. The van der Waals surface area contributed by atoms with E-state index in [1.807, 2.05) is 6.92 Å². The third kappa shape index (κ3) is 2.48. The first-order valence-corrected chi connectivity index (χ1v) is 3.69. The quantitative estimate of drug-likeness (QED) is 0.605. The van der Waals surface area contributed by atoms with Gasteiger partial charge in [0.05, 0.1) is 6.10 Å². The summed E-state index contributed by atoms with van der Waals surface area (Å²) >= 11 is 0. The van der Waals surface area contributed by atoms with Gasteiger partial charge in [0.25, 0.3) is 0 Å². The van der Waals surface area contributed by atoms with Crippen molar-refractivity contribution in [1.29, 1.82) is 0 Å². The zero-order valence-corrected chi connectivity index (χ0v) is 6.92. The second-order valence-electron chi connectivity index (χ2n) is 3.24. The lowest BCUT2D eigenvalue weighted by Crippen LogP contribution is -2.30. The summed E-state index contributed by atoms with van der Waals surface area (Å²) < 4.78 is 0. The maximum absolute atomic E-state index is 10.4. The number of rotatable bonds is 4. The first-order valence-electron chi connectivity index (χ1n) is 3.69. The van der Waals surface area contributed by atoms with Gasteiger partial charge in [-0.2, -0.15) is 0 Å². The number of hydrogen-bond donors (Lipinski definition) is 1. The van der Waals surface area contributed by atoms with Crippen molar-refractivity contribution in [3.8, 4) is 0 Å². The van der Waals surface area contributed by atoms with Gasteiger partial charge in [-0.1, -0.05) is 27.2 Å². The van der Waals surface area contributed by atoms with Gasteiger partial charge < -0.3 is 9.90 Å². The van der Waals surface area contributed by atoms with E-state index in [0.717, 1.165) is 12.7 Å². The minimum Gasteiger partial charge on any atom is -0.392 e. The predicted octanol–water partition coefficient (Wildman–Crippen LogP) is 1.37. The van der Waals surface area contributed by atoms with Crippen LogP contribution >= 0.6 is 0 Å². The molecule has 1 atom stereocenters. The Balaban J connectivity index is 3.90. The average Bonchev–Trinajstić information content (AvgIpc) is 1.89. The van der Waals surface area contributed by atoms with Crippen molar-refractivity contribution in [3.63, 3.8) is 0 Å². The third-order valence-electron chi connectivity index (χ3n) is 1.72. The van der Waals surface area contributed by atoms with Crippen LogP contribution in [0.2, 0.25) is 0 Å². The molecule has 0 aromatic heterocycles. The molecule has 10 heavy (non-hydrogen) atoms. The molecule has 2 nitrogen and oxygen atoms in total. The molecule has 0 amide bonds. The van der Waals surface area contributed by atoms with Crippen LogP contribution in [0.3, 0.4) is 0 Å². The highest BCUT2D eigenvalue weighted by Gasteiger charge is 2.25. The van der Waals surface area contributed by atoms with Gasteiger partial charge in [0.2, 0.25) is 0 Å². The van der Waals surface area contributed by atoms with E-state index in [9.17, 15) is 9.90 Å². The molecule has 0 unspecified atom stereocenters. The van der Waals surface area contributed by atoms with E-state index in [2.05, 4.69) is 0 Å².